The molecule has 0 saturated carbocycles. The maximum atomic E-state index is 13.8. The van der Waals surface area contributed by atoms with Gasteiger partial charge in [0.1, 0.15) is 11.8 Å². The first kappa shape index (κ1) is 18.4. The average Bonchev–Trinajstić information content (AvgIpc) is 3.23. The molecule has 2 heterocycles. The minimum absolute atomic E-state index is 0.0521. The first-order valence-corrected chi connectivity index (χ1v) is 10.2. The van der Waals surface area contributed by atoms with Crippen LogP contribution in [0.4, 0.5) is 11.4 Å². The summed E-state index contributed by atoms with van der Waals surface area (Å²) >= 11 is 0. The molecular formula is C25H22N2O3. The second kappa shape index (κ2) is 7.34. The Kier molecular flexibility index (Phi) is 4.51. The summed E-state index contributed by atoms with van der Waals surface area (Å²) in [6.45, 7) is 2.08. The van der Waals surface area contributed by atoms with Gasteiger partial charge in [-0.2, -0.15) is 0 Å². The molecule has 0 radical (unpaired) electrons. The van der Waals surface area contributed by atoms with Crippen LogP contribution in [0, 0.1) is 5.92 Å². The van der Waals surface area contributed by atoms with Crippen LogP contribution in [-0.2, 0) is 4.79 Å². The Morgan fingerprint density at radius 3 is 2.53 bits per heavy atom. The van der Waals surface area contributed by atoms with Crippen molar-refractivity contribution in [2.24, 2.45) is 5.92 Å². The van der Waals surface area contributed by atoms with Crippen LogP contribution in [-0.4, -0.2) is 11.7 Å². The zero-order valence-corrected chi connectivity index (χ0v) is 16.7. The first-order valence-electron chi connectivity index (χ1n) is 10.2. The van der Waals surface area contributed by atoms with Gasteiger partial charge in [-0.05, 0) is 48.7 Å². The molecule has 1 aliphatic heterocycles. The van der Waals surface area contributed by atoms with Crippen LogP contribution in [0.25, 0.3) is 0 Å². The van der Waals surface area contributed by atoms with Crippen LogP contribution in [0.3, 0.4) is 0 Å². The monoisotopic (exact) mass is 398 g/mol. The third kappa shape index (κ3) is 3.03. The molecular weight excluding hydrogens is 376 g/mol. The minimum Gasteiger partial charge on any atom is -0.467 e. The summed E-state index contributed by atoms with van der Waals surface area (Å²) in [4.78, 5) is 28.8. The van der Waals surface area contributed by atoms with Crippen LogP contribution >= 0.6 is 0 Å². The van der Waals surface area contributed by atoms with Crippen molar-refractivity contribution in [1.29, 1.82) is 0 Å². The van der Waals surface area contributed by atoms with Crippen LogP contribution in [0.2, 0.25) is 0 Å². The fraction of sp³-hybridized carbons (Fsp3) is 0.200. The fourth-order valence-electron chi connectivity index (χ4n) is 4.44. The third-order valence-corrected chi connectivity index (χ3v) is 5.74. The van der Waals surface area contributed by atoms with Crippen molar-refractivity contribution in [3.8, 4) is 0 Å². The SMILES string of the molecule is C[C@H]1CC(=O)C2=C(C1)Nc1ccccc1N(C(=O)c1ccccc1)[C@H]2c1ccco1. The molecule has 3 aromatic rings. The summed E-state index contributed by atoms with van der Waals surface area (Å²) in [5.41, 5.74) is 3.58. The van der Waals surface area contributed by atoms with Gasteiger partial charge in [-0.3, -0.25) is 14.5 Å². The molecule has 1 amide bonds. The molecule has 0 bridgehead atoms. The highest BCUT2D eigenvalue weighted by Crippen LogP contribution is 2.46. The lowest BCUT2D eigenvalue weighted by Crippen LogP contribution is -2.38. The number of benzene rings is 2. The highest BCUT2D eigenvalue weighted by Gasteiger charge is 2.42. The number of para-hydroxylation sites is 2. The molecule has 2 aromatic carbocycles. The summed E-state index contributed by atoms with van der Waals surface area (Å²) in [6.07, 6.45) is 2.79. The predicted octanol–water partition coefficient (Wildman–Crippen LogP) is 5.35. The zero-order valence-electron chi connectivity index (χ0n) is 16.7. The highest BCUT2D eigenvalue weighted by molar-refractivity contribution is 6.11. The lowest BCUT2D eigenvalue weighted by Gasteiger charge is -2.33. The number of amides is 1. The Morgan fingerprint density at radius 1 is 1.00 bits per heavy atom. The number of rotatable bonds is 2. The Labute approximate surface area is 175 Å². The van der Waals surface area contributed by atoms with E-state index >= 15 is 0 Å². The fourth-order valence-corrected chi connectivity index (χ4v) is 4.44. The maximum absolute atomic E-state index is 13.8. The first-order chi connectivity index (χ1) is 14.6. The lowest BCUT2D eigenvalue weighted by molar-refractivity contribution is -0.117. The number of Topliss-reactive ketones (excluding diaryl/α,β-unsaturated/α-hetero) is 1. The number of carbonyl (C=O) groups is 2. The molecule has 150 valence electrons. The van der Waals surface area contributed by atoms with Crippen molar-refractivity contribution < 1.29 is 14.0 Å². The Morgan fingerprint density at radius 2 is 1.77 bits per heavy atom. The van der Waals surface area contributed by atoms with E-state index in [2.05, 4.69) is 12.2 Å². The maximum Gasteiger partial charge on any atom is 0.259 e. The smallest absolute Gasteiger partial charge is 0.259 e. The molecule has 0 spiro atoms. The molecule has 2 aliphatic rings. The van der Waals surface area contributed by atoms with Gasteiger partial charge in [0.15, 0.2) is 5.78 Å². The van der Waals surface area contributed by atoms with E-state index in [4.69, 9.17) is 4.42 Å². The van der Waals surface area contributed by atoms with Crippen LogP contribution in [0.1, 0.15) is 41.9 Å². The zero-order chi connectivity index (χ0) is 20.7. The van der Waals surface area contributed by atoms with Gasteiger partial charge in [0.25, 0.3) is 5.91 Å². The third-order valence-electron chi connectivity index (χ3n) is 5.74. The molecule has 1 aliphatic carbocycles. The second-order valence-corrected chi connectivity index (χ2v) is 7.93. The van der Waals surface area contributed by atoms with Gasteiger partial charge in [0.05, 0.1) is 17.6 Å². The van der Waals surface area contributed by atoms with Crippen molar-refractivity contribution >= 4 is 23.1 Å². The van der Waals surface area contributed by atoms with E-state index in [-0.39, 0.29) is 17.6 Å². The molecule has 1 aromatic heterocycles. The summed E-state index contributed by atoms with van der Waals surface area (Å²) in [6, 6.07) is 19.8. The number of fused-ring (bicyclic) bond motifs is 1. The Hall–Kier alpha value is -3.60. The number of anilines is 2. The van der Waals surface area contributed by atoms with E-state index in [1.807, 2.05) is 48.5 Å². The molecule has 2 atom stereocenters. The van der Waals surface area contributed by atoms with Crippen LogP contribution in [0.5, 0.6) is 0 Å². The molecule has 5 heteroatoms. The number of nitrogens with one attached hydrogen (secondary N) is 1. The quantitative estimate of drug-likeness (QED) is 0.632. The summed E-state index contributed by atoms with van der Waals surface area (Å²) < 4.78 is 5.78. The molecule has 5 rings (SSSR count). The number of ketones is 1. The van der Waals surface area contributed by atoms with E-state index in [0.717, 1.165) is 23.5 Å². The predicted molar refractivity (Wildman–Crippen MR) is 115 cm³/mol. The van der Waals surface area contributed by atoms with Crippen LogP contribution < -0.4 is 10.2 Å². The topological polar surface area (TPSA) is 62.6 Å². The summed E-state index contributed by atoms with van der Waals surface area (Å²) in [5.74, 6) is 0.695. The van der Waals surface area contributed by atoms with E-state index in [9.17, 15) is 9.59 Å². The number of hydrogen-bond acceptors (Lipinski definition) is 4. The van der Waals surface area contributed by atoms with Crippen molar-refractivity contribution in [3.63, 3.8) is 0 Å². The van der Waals surface area contributed by atoms with Gasteiger partial charge < -0.3 is 9.73 Å². The van der Waals surface area contributed by atoms with Gasteiger partial charge in [-0.15, -0.1) is 0 Å². The Balaban J connectivity index is 1.77. The normalized spacial score (nSPS) is 20.8. The largest absolute Gasteiger partial charge is 0.467 e. The van der Waals surface area contributed by atoms with Crippen molar-refractivity contribution in [1.82, 2.24) is 0 Å². The minimum atomic E-state index is -0.626. The molecule has 1 N–H and O–H groups in total. The van der Waals surface area contributed by atoms with Crippen molar-refractivity contribution in [3.05, 3.63) is 95.6 Å². The van der Waals surface area contributed by atoms with Crippen molar-refractivity contribution in [2.75, 3.05) is 10.2 Å². The van der Waals surface area contributed by atoms with E-state index in [1.165, 1.54) is 0 Å². The summed E-state index contributed by atoms with van der Waals surface area (Å²) in [7, 11) is 0. The van der Waals surface area contributed by atoms with E-state index < -0.39 is 6.04 Å². The number of nitrogens with zero attached hydrogens (tertiary/aromatic N) is 1. The molecule has 5 nitrogen and oxygen atoms in total. The Bertz CT molecular complexity index is 1130. The van der Waals surface area contributed by atoms with Gasteiger partial charge in [-0.25, -0.2) is 0 Å². The van der Waals surface area contributed by atoms with Gasteiger partial charge in [-0.1, -0.05) is 37.3 Å². The average molecular weight is 398 g/mol. The van der Waals surface area contributed by atoms with Crippen LogP contribution in [0.15, 0.2) is 88.7 Å². The van der Waals surface area contributed by atoms with Gasteiger partial charge in [0.2, 0.25) is 0 Å². The standard InChI is InChI=1S/C25H22N2O3/c1-16-14-19-23(21(28)15-16)24(22-12-7-13-30-22)27(20-11-6-5-10-18(20)26-19)25(29)17-8-3-2-4-9-17/h2-13,16,24,26H,14-15H2,1H3/t16-,24+/m1/s1. The molecule has 0 fully saturated rings. The number of hydrogen-bond donors (Lipinski definition) is 1. The second-order valence-electron chi connectivity index (χ2n) is 7.93. The van der Waals surface area contributed by atoms with Crippen molar-refractivity contribution in [2.45, 2.75) is 25.8 Å². The summed E-state index contributed by atoms with van der Waals surface area (Å²) in [5, 5.41) is 3.47. The van der Waals surface area contributed by atoms with Gasteiger partial charge >= 0.3 is 0 Å². The highest BCUT2D eigenvalue weighted by atomic mass is 16.3. The number of carbonyl (C=O) groups excluding carboxylic acids is 2. The number of furan rings is 1. The number of allylic oxidation sites excluding steroid dienone is 1. The molecule has 30 heavy (non-hydrogen) atoms. The molecule has 0 saturated heterocycles. The van der Waals surface area contributed by atoms with E-state index in [0.29, 0.717) is 23.3 Å². The molecule has 0 unspecified atom stereocenters. The van der Waals surface area contributed by atoms with E-state index in [1.54, 1.807) is 29.4 Å². The van der Waals surface area contributed by atoms with Gasteiger partial charge in [0, 0.05) is 23.3 Å². The lowest BCUT2D eigenvalue weighted by atomic mass is 9.83.